The second-order valence-corrected chi connectivity index (χ2v) is 5.55. The van der Waals surface area contributed by atoms with Gasteiger partial charge in [0.05, 0.1) is 0 Å². The van der Waals surface area contributed by atoms with Gasteiger partial charge in [-0.3, -0.25) is 0 Å². The lowest BCUT2D eigenvalue weighted by Gasteiger charge is -2.19. The Hall–Kier alpha value is -1.80. The van der Waals surface area contributed by atoms with Crippen LogP contribution in [-0.2, 0) is 0 Å². The van der Waals surface area contributed by atoms with Crippen LogP contribution in [-0.4, -0.2) is 0 Å². The number of para-hydroxylation sites is 1. The number of hydrogen-bond donors (Lipinski definition) is 1. The van der Waals surface area contributed by atoms with Crippen molar-refractivity contribution in [2.24, 2.45) is 11.7 Å². The van der Waals surface area contributed by atoms with Gasteiger partial charge in [-0.1, -0.05) is 43.2 Å². The fraction of sp³-hybridized carbons (Fsp3) is 0.333. The lowest BCUT2D eigenvalue weighted by atomic mass is 9.92. The van der Waals surface area contributed by atoms with Crippen molar-refractivity contribution < 1.29 is 4.74 Å². The van der Waals surface area contributed by atoms with Crippen molar-refractivity contribution in [3.8, 4) is 11.5 Å². The van der Waals surface area contributed by atoms with Gasteiger partial charge in [0.1, 0.15) is 11.5 Å². The molecule has 0 bridgehead atoms. The van der Waals surface area contributed by atoms with Crippen LogP contribution in [0.25, 0.3) is 0 Å². The predicted molar refractivity (Wildman–Crippen MR) is 81.8 cm³/mol. The number of benzene rings is 2. The van der Waals surface area contributed by atoms with E-state index in [9.17, 15) is 0 Å². The summed E-state index contributed by atoms with van der Waals surface area (Å²) in [7, 11) is 0. The third-order valence-corrected chi connectivity index (χ3v) is 4.15. The van der Waals surface area contributed by atoms with Crippen LogP contribution >= 0.6 is 0 Å². The number of nitrogens with two attached hydrogens (primary N) is 1. The van der Waals surface area contributed by atoms with E-state index in [1.165, 1.54) is 31.2 Å². The first kappa shape index (κ1) is 13.2. The lowest BCUT2D eigenvalue weighted by molar-refractivity contribution is 0.443. The monoisotopic (exact) mass is 267 g/mol. The van der Waals surface area contributed by atoms with E-state index in [1.807, 2.05) is 42.5 Å². The Kier molecular flexibility index (Phi) is 4.03. The number of ether oxygens (including phenoxy) is 1. The molecule has 0 heterocycles. The molecule has 0 saturated heterocycles. The zero-order valence-electron chi connectivity index (χ0n) is 11.7. The maximum atomic E-state index is 6.36. The first-order valence-corrected chi connectivity index (χ1v) is 7.41. The summed E-state index contributed by atoms with van der Waals surface area (Å²) >= 11 is 0. The molecule has 1 fully saturated rings. The molecule has 2 heteroatoms. The van der Waals surface area contributed by atoms with E-state index in [1.54, 1.807) is 0 Å². The summed E-state index contributed by atoms with van der Waals surface area (Å²) in [4.78, 5) is 0. The standard InChI is InChI=1S/C18H21NO/c19-18(14-6-4-5-7-14)15-10-12-17(13-11-15)20-16-8-2-1-3-9-16/h1-3,8-14,18H,4-7,19H2/t18-/m0/s1. The van der Waals surface area contributed by atoms with Crippen molar-refractivity contribution in [3.63, 3.8) is 0 Å². The summed E-state index contributed by atoms with van der Waals surface area (Å²) in [5.74, 6) is 2.37. The fourth-order valence-corrected chi connectivity index (χ4v) is 2.97. The minimum atomic E-state index is 0.170. The van der Waals surface area contributed by atoms with Crippen LogP contribution in [0.1, 0.15) is 37.3 Å². The highest BCUT2D eigenvalue weighted by Crippen LogP contribution is 2.34. The highest BCUT2D eigenvalue weighted by molar-refractivity contribution is 5.34. The van der Waals surface area contributed by atoms with Gasteiger partial charge in [0, 0.05) is 6.04 Å². The molecule has 0 amide bonds. The van der Waals surface area contributed by atoms with Crippen molar-refractivity contribution in [2.75, 3.05) is 0 Å². The van der Waals surface area contributed by atoms with Gasteiger partial charge in [-0.15, -0.1) is 0 Å². The average molecular weight is 267 g/mol. The highest BCUT2D eigenvalue weighted by Gasteiger charge is 2.23. The second-order valence-electron chi connectivity index (χ2n) is 5.55. The van der Waals surface area contributed by atoms with Crippen molar-refractivity contribution in [1.82, 2.24) is 0 Å². The van der Waals surface area contributed by atoms with Gasteiger partial charge in [0.2, 0.25) is 0 Å². The Labute approximate surface area is 120 Å². The van der Waals surface area contributed by atoms with Gasteiger partial charge in [0.15, 0.2) is 0 Å². The zero-order chi connectivity index (χ0) is 13.8. The van der Waals surface area contributed by atoms with E-state index in [2.05, 4.69) is 12.1 Å². The summed E-state index contributed by atoms with van der Waals surface area (Å²) in [5.41, 5.74) is 7.58. The van der Waals surface area contributed by atoms with Crippen molar-refractivity contribution in [1.29, 1.82) is 0 Å². The van der Waals surface area contributed by atoms with Gasteiger partial charge in [-0.25, -0.2) is 0 Å². The highest BCUT2D eigenvalue weighted by atomic mass is 16.5. The largest absolute Gasteiger partial charge is 0.457 e. The summed E-state index contributed by atoms with van der Waals surface area (Å²) in [6.45, 7) is 0. The molecule has 2 aromatic rings. The molecular formula is C18H21NO. The minimum absolute atomic E-state index is 0.170. The molecule has 1 aliphatic rings. The van der Waals surface area contributed by atoms with E-state index < -0.39 is 0 Å². The topological polar surface area (TPSA) is 35.2 Å². The molecule has 0 spiro atoms. The van der Waals surface area contributed by atoms with Crippen LogP contribution in [0.5, 0.6) is 11.5 Å². The third kappa shape index (κ3) is 3.02. The maximum absolute atomic E-state index is 6.36. The van der Waals surface area contributed by atoms with Gasteiger partial charge >= 0.3 is 0 Å². The smallest absolute Gasteiger partial charge is 0.127 e. The van der Waals surface area contributed by atoms with Crippen molar-refractivity contribution >= 4 is 0 Å². The Bertz CT molecular complexity index is 529. The lowest BCUT2D eigenvalue weighted by Crippen LogP contribution is -2.18. The molecule has 2 nitrogen and oxygen atoms in total. The van der Waals surface area contributed by atoms with E-state index >= 15 is 0 Å². The zero-order valence-corrected chi connectivity index (χ0v) is 11.7. The fourth-order valence-electron chi connectivity index (χ4n) is 2.97. The molecule has 0 unspecified atom stereocenters. The van der Waals surface area contributed by atoms with Crippen LogP contribution < -0.4 is 10.5 Å². The quantitative estimate of drug-likeness (QED) is 0.873. The van der Waals surface area contributed by atoms with Crippen LogP contribution in [0.4, 0.5) is 0 Å². The summed E-state index contributed by atoms with van der Waals surface area (Å²) in [6, 6.07) is 18.2. The van der Waals surface area contributed by atoms with Gasteiger partial charge < -0.3 is 10.5 Å². The molecular weight excluding hydrogens is 246 g/mol. The summed E-state index contributed by atoms with van der Waals surface area (Å²) in [5, 5.41) is 0. The average Bonchev–Trinajstić information content (AvgIpc) is 3.03. The summed E-state index contributed by atoms with van der Waals surface area (Å²) < 4.78 is 5.80. The Balaban J connectivity index is 1.68. The van der Waals surface area contributed by atoms with Gasteiger partial charge in [-0.05, 0) is 48.6 Å². The van der Waals surface area contributed by atoms with Crippen molar-refractivity contribution in [2.45, 2.75) is 31.7 Å². The third-order valence-electron chi connectivity index (χ3n) is 4.15. The number of rotatable bonds is 4. The van der Waals surface area contributed by atoms with E-state index in [4.69, 9.17) is 10.5 Å². The Morgan fingerprint density at radius 1 is 0.850 bits per heavy atom. The molecule has 2 aromatic carbocycles. The summed E-state index contributed by atoms with van der Waals surface area (Å²) in [6.07, 6.45) is 5.19. The first-order chi connectivity index (χ1) is 9.83. The van der Waals surface area contributed by atoms with E-state index in [0.717, 1.165) is 11.5 Å². The molecule has 104 valence electrons. The second kappa shape index (κ2) is 6.10. The molecule has 2 N–H and O–H groups in total. The molecule has 0 radical (unpaired) electrons. The molecule has 1 atom stereocenters. The Morgan fingerprint density at radius 3 is 2.10 bits per heavy atom. The molecule has 0 aromatic heterocycles. The first-order valence-electron chi connectivity index (χ1n) is 7.41. The van der Waals surface area contributed by atoms with Gasteiger partial charge in [-0.2, -0.15) is 0 Å². The predicted octanol–water partition coefficient (Wildman–Crippen LogP) is 4.67. The minimum Gasteiger partial charge on any atom is -0.457 e. The van der Waals surface area contributed by atoms with Crippen LogP contribution in [0.3, 0.4) is 0 Å². The molecule has 0 aliphatic heterocycles. The van der Waals surface area contributed by atoms with E-state index in [-0.39, 0.29) is 6.04 Å². The molecule has 1 saturated carbocycles. The normalized spacial score (nSPS) is 17.1. The van der Waals surface area contributed by atoms with E-state index in [0.29, 0.717) is 5.92 Å². The van der Waals surface area contributed by atoms with Gasteiger partial charge in [0.25, 0.3) is 0 Å². The van der Waals surface area contributed by atoms with Crippen LogP contribution in [0.2, 0.25) is 0 Å². The van der Waals surface area contributed by atoms with Crippen LogP contribution in [0.15, 0.2) is 54.6 Å². The Morgan fingerprint density at radius 2 is 1.45 bits per heavy atom. The van der Waals surface area contributed by atoms with Crippen molar-refractivity contribution in [3.05, 3.63) is 60.2 Å². The maximum Gasteiger partial charge on any atom is 0.127 e. The molecule has 3 rings (SSSR count). The van der Waals surface area contributed by atoms with Crippen LogP contribution in [0, 0.1) is 5.92 Å². The number of hydrogen-bond acceptors (Lipinski definition) is 2. The molecule has 20 heavy (non-hydrogen) atoms. The SMILES string of the molecule is N[C@H](c1ccc(Oc2ccccc2)cc1)C1CCCC1. The molecule has 1 aliphatic carbocycles.